The van der Waals surface area contributed by atoms with Crippen LogP contribution in [0.15, 0.2) is 0 Å². The summed E-state index contributed by atoms with van der Waals surface area (Å²) < 4.78 is 4.94. The van der Waals surface area contributed by atoms with Crippen LogP contribution in [0, 0.1) is 5.92 Å². The number of alkyl carbamates (subject to hydrolysis) is 1. The minimum Gasteiger partial charge on any atom is -0.480 e. The van der Waals surface area contributed by atoms with E-state index in [1.807, 2.05) is 6.92 Å². The zero-order valence-electron chi connectivity index (χ0n) is 11.7. The van der Waals surface area contributed by atoms with Crippen LogP contribution in [0.2, 0.25) is 0 Å². The van der Waals surface area contributed by atoms with Crippen molar-refractivity contribution in [2.45, 2.75) is 64.3 Å². The number of ether oxygens (including phenoxy) is 1. The average Bonchev–Trinajstić information content (AvgIpc) is 2.39. The van der Waals surface area contributed by atoms with E-state index in [9.17, 15) is 9.59 Å². The molecule has 1 amide bonds. The van der Waals surface area contributed by atoms with Crippen molar-refractivity contribution >= 4 is 12.1 Å². The summed E-state index contributed by atoms with van der Waals surface area (Å²) in [7, 11) is 0. The zero-order chi connectivity index (χ0) is 14.1. The molecule has 0 saturated heterocycles. The van der Waals surface area contributed by atoms with Crippen LogP contribution in [0.4, 0.5) is 4.79 Å². The lowest BCUT2D eigenvalue weighted by molar-refractivity contribution is -0.139. The predicted molar refractivity (Wildman–Crippen MR) is 72.0 cm³/mol. The number of unbranched alkanes of at least 4 members (excludes halogenated alkanes) is 1. The molecule has 1 aliphatic carbocycles. The van der Waals surface area contributed by atoms with Crippen molar-refractivity contribution < 1.29 is 19.4 Å². The van der Waals surface area contributed by atoms with E-state index in [0.717, 1.165) is 38.5 Å². The van der Waals surface area contributed by atoms with Crippen molar-refractivity contribution in [3.63, 3.8) is 0 Å². The number of hydrogen-bond donors (Lipinski definition) is 2. The van der Waals surface area contributed by atoms with Crippen molar-refractivity contribution in [2.75, 3.05) is 6.61 Å². The molecular weight excluding hydrogens is 246 g/mol. The Morgan fingerprint density at radius 3 is 2.58 bits per heavy atom. The van der Waals surface area contributed by atoms with Crippen molar-refractivity contribution in [3.8, 4) is 0 Å². The number of amides is 1. The Bertz CT molecular complexity index is 287. The number of carboxylic acids is 1. The summed E-state index contributed by atoms with van der Waals surface area (Å²) in [4.78, 5) is 22.6. The van der Waals surface area contributed by atoms with E-state index in [2.05, 4.69) is 5.32 Å². The van der Waals surface area contributed by atoms with Crippen molar-refractivity contribution in [2.24, 2.45) is 5.92 Å². The molecule has 0 bridgehead atoms. The summed E-state index contributed by atoms with van der Waals surface area (Å²) in [5.41, 5.74) is 0. The van der Waals surface area contributed by atoms with E-state index < -0.39 is 18.1 Å². The van der Waals surface area contributed by atoms with E-state index in [-0.39, 0.29) is 0 Å². The van der Waals surface area contributed by atoms with Crippen molar-refractivity contribution in [1.82, 2.24) is 5.32 Å². The molecule has 1 unspecified atom stereocenters. The van der Waals surface area contributed by atoms with Gasteiger partial charge in [-0.1, -0.05) is 45.4 Å². The van der Waals surface area contributed by atoms with Gasteiger partial charge in [0.05, 0.1) is 6.61 Å². The van der Waals surface area contributed by atoms with Crippen LogP contribution in [-0.4, -0.2) is 29.8 Å². The molecule has 0 aliphatic heterocycles. The Kier molecular flexibility index (Phi) is 7.30. The van der Waals surface area contributed by atoms with E-state index in [4.69, 9.17) is 9.84 Å². The highest BCUT2D eigenvalue weighted by molar-refractivity contribution is 5.79. The van der Waals surface area contributed by atoms with Crippen LogP contribution in [0.5, 0.6) is 0 Å². The smallest absolute Gasteiger partial charge is 0.407 e. The molecule has 1 rings (SSSR count). The Labute approximate surface area is 114 Å². The Balaban J connectivity index is 2.34. The maximum absolute atomic E-state index is 11.5. The van der Waals surface area contributed by atoms with Gasteiger partial charge in [-0.2, -0.15) is 0 Å². The first-order valence-electron chi connectivity index (χ1n) is 7.29. The average molecular weight is 271 g/mol. The minimum absolute atomic E-state index is 0.345. The maximum atomic E-state index is 11.5. The molecule has 1 aliphatic rings. The van der Waals surface area contributed by atoms with Crippen LogP contribution >= 0.6 is 0 Å². The largest absolute Gasteiger partial charge is 0.480 e. The van der Waals surface area contributed by atoms with Gasteiger partial charge in [0.25, 0.3) is 0 Å². The molecule has 5 nitrogen and oxygen atoms in total. The number of hydrogen-bond acceptors (Lipinski definition) is 3. The first kappa shape index (κ1) is 15.8. The SMILES string of the molecule is CCCCOC(=O)NC(CC1CCCCC1)C(=O)O. The van der Waals surface area contributed by atoms with E-state index in [1.165, 1.54) is 6.42 Å². The molecular formula is C14H25NO4. The lowest BCUT2D eigenvalue weighted by Gasteiger charge is -2.24. The molecule has 19 heavy (non-hydrogen) atoms. The van der Waals surface area contributed by atoms with Crippen molar-refractivity contribution in [1.29, 1.82) is 0 Å². The molecule has 0 aromatic rings. The third kappa shape index (κ3) is 6.45. The third-order valence-corrected chi connectivity index (χ3v) is 3.62. The second kappa shape index (κ2) is 8.77. The molecule has 110 valence electrons. The van der Waals surface area contributed by atoms with Gasteiger partial charge in [-0.25, -0.2) is 9.59 Å². The van der Waals surface area contributed by atoms with Crippen LogP contribution < -0.4 is 5.32 Å². The molecule has 0 radical (unpaired) electrons. The minimum atomic E-state index is -0.974. The molecule has 2 N–H and O–H groups in total. The van der Waals surface area contributed by atoms with Gasteiger partial charge in [-0.15, -0.1) is 0 Å². The maximum Gasteiger partial charge on any atom is 0.407 e. The van der Waals surface area contributed by atoms with Crippen LogP contribution in [-0.2, 0) is 9.53 Å². The molecule has 0 heterocycles. The van der Waals surface area contributed by atoms with E-state index in [1.54, 1.807) is 0 Å². The Morgan fingerprint density at radius 2 is 2.00 bits per heavy atom. The lowest BCUT2D eigenvalue weighted by atomic mass is 9.85. The molecule has 1 saturated carbocycles. The quantitative estimate of drug-likeness (QED) is 0.698. The highest BCUT2D eigenvalue weighted by Gasteiger charge is 2.25. The van der Waals surface area contributed by atoms with Gasteiger partial charge in [0, 0.05) is 0 Å². The third-order valence-electron chi connectivity index (χ3n) is 3.62. The second-order valence-electron chi connectivity index (χ2n) is 5.26. The van der Waals surface area contributed by atoms with Crippen LogP contribution in [0.25, 0.3) is 0 Å². The topological polar surface area (TPSA) is 75.6 Å². The first-order chi connectivity index (χ1) is 9.13. The predicted octanol–water partition coefficient (Wildman–Crippen LogP) is 2.94. The van der Waals surface area contributed by atoms with Gasteiger partial charge in [0.15, 0.2) is 0 Å². The standard InChI is InChI=1S/C14H25NO4/c1-2-3-9-19-14(18)15-12(13(16)17)10-11-7-5-4-6-8-11/h11-12H,2-10H2,1H3,(H,15,18)(H,16,17). The summed E-state index contributed by atoms with van der Waals surface area (Å²) in [6.07, 6.45) is 7.34. The monoisotopic (exact) mass is 271 g/mol. The second-order valence-corrected chi connectivity index (χ2v) is 5.26. The highest BCUT2D eigenvalue weighted by atomic mass is 16.5. The molecule has 0 aromatic carbocycles. The number of carbonyl (C=O) groups excluding carboxylic acids is 1. The lowest BCUT2D eigenvalue weighted by Crippen LogP contribution is -2.42. The number of rotatable bonds is 7. The fourth-order valence-corrected chi connectivity index (χ4v) is 2.47. The van der Waals surface area contributed by atoms with Gasteiger partial charge >= 0.3 is 12.1 Å². The van der Waals surface area contributed by atoms with Gasteiger partial charge in [0.1, 0.15) is 6.04 Å². The molecule has 0 aromatic heterocycles. The normalized spacial score (nSPS) is 17.7. The van der Waals surface area contributed by atoms with Crippen LogP contribution in [0.1, 0.15) is 58.3 Å². The number of aliphatic carboxylic acids is 1. The fraction of sp³-hybridized carbons (Fsp3) is 0.857. The molecule has 0 spiro atoms. The zero-order valence-corrected chi connectivity index (χ0v) is 11.7. The Morgan fingerprint density at radius 1 is 1.32 bits per heavy atom. The number of carbonyl (C=O) groups is 2. The number of carboxylic acid groups (broad SMARTS) is 1. The summed E-state index contributed by atoms with van der Waals surface area (Å²) >= 11 is 0. The van der Waals surface area contributed by atoms with E-state index in [0.29, 0.717) is 18.9 Å². The van der Waals surface area contributed by atoms with Crippen LogP contribution in [0.3, 0.4) is 0 Å². The van der Waals surface area contributed by atoms with Gasteiger partial charge in [-0.3, -0.25) is 0 Å². The van der Waals surface area contributed by atoms with Gasteiger partial charge < -0.3 is 15.2 Å². The highest BCUT2D eigenvalue weighted by Crippen LogP contribution is 2.27. The van der Waals surface area contributed by atoms with Gasteiger partial charge in [-0.05, 0) is 18.8 Å². The van der Waals surface area contributed by atoms with E-state index >= 15 is 0 Å². The summed E-state index contributed by atoms with van der Waals surface area (Å²) in [5, 5.41) is 11.6. The number of nitrogens with one attached hydrogen (secondary N) is 1. The van der Waals surface area contributed by atoms with Gasteiger partial charge in [0.2, 0.25) is 0 Å². The summed E-state index contributed by atoms with van der Waals surface area (Å²) in [5.74, 6) is -0.566. The first-order valence-corrected chi connectivity index (χ1v) is 7.29. The molecule has 1 atom stereocenters. The summed E-state index contributed by atoms with van der Waals surface area (Å²) in [6, 6.07) is -0.822. The molecule has 1 fully saturated rings. The van der Waals surface area contributed by atoms with Crippen molar-refractivity contribution in [3.05, 3.63) is 0 Å². The molecule has 5 heteroatoms. The summed E-state index contributed by atoms with van der Waals surface area (Å²) in [6.45, 7) is 2.35. The fourth-order valence-electron chi connectivity index (χ4n) is 2.47. The Hall–Kier alpha value is -1.26.